The second-order valence-electron chi connectivity index (χ2n) is 6.26. The molecule has 2 aromatic carbocycles. The number of hydrogen-bond donors (Lipinski definition) is 2. The van der Waals surface area contributed by atoms with Gasteiger partial charge in [0, 0.05) is 6.07 Å². The summed E-state index contributed by atoms with van der Waals surface area (Å²) < 4.78 is 43.5. The first-order chi connectivity index (χ1) is 13.7. The van der Waals surface area contributed by atoms with Crippen LogP contribution in [0, 0.1) is 6.92 Å². The van der Waals surface area contributed by atoms with E-state index in [-0.39, 0.29) is 4.90 Å². The smallest absolute Gasteiger partial charge is 0.242 e. The third kappa shape index (κ3) is 5.61. The first-order valence-corrected chi connectivity index (χ1v) is 10.5. The lowest BCUT2D eigenvalue weighted by molar-refractivity contribution is -0.117. The maximum absolute atomic E-state index is 12.7. The van der Waals surface area contributed by atoms with Gasteiger partial charge in [-0.2, -0.15) is 4.72 Å². The lowest BCUT2D eigenvalue weighted by atomic mass is 10.2. The molecular formula is C20H26N2O6S. The van der Waals surface area contributed by atoms with Crippen LogP contribution in [0.5, 0.6) is 17.2 Å². The average molecular weight is 423 g/mol. The summed E-state index contributed by atoms with van der Waals surface area (Å²) >= 11 is 0. The van der Waals surface area contributed by atoms with Gasteiger partial charge in [0.2, 0.25) is 15.9 Å². The molecule has 0 aromatic heterocycles. The molecule has 0 radical (unpaired) electrons. The van der Waals surface area contributed by atoms with E-state index in [1.54, 1.807) is 31.2 Å². The van der Waals surface area contributed by atoms with Gasteiger partial charge in [-0.15, -0.1) is 0 Å². The molecule has 0 aliphatic carbocycles. The fraction of sp³-hybridized carbons (Fsp3) is 0.350. The number of benzene rings is 2. The van der Waals surface area contributed by atoms with Crippen LogP contribution in [-0.4, -0.2) is 41.2 Å². The van der Waals surface area contributed by atoms with Gasteiger partial charge in [0.25, 0.3) is 0 Å². The first-order valence-electron chi connectivity index (χ1n) is 9.00. The highest BCUT2D eigenvalue weighted by molar-refractivity contribution is 7.89. The summed E-state index contributed by atoms with van der Waals surface area (Å²) in [5.41, 5.74) is 1.09. The van der Waals surface area contributed by atoms with Crippen molar-refractivity contribution >= 4 is 21.6 Å². The largest absolute Gasteiger partial charge is 0.497 e. The summed E-state index contributed by atoms with van der Waals surface area (Å²) in [5.74, 6) is 1.05. The molecule has 0 aliphatic heterocycles. The number of nitrogens with one attached hydrogen (secondary N) is 2. The Hall–Kier alpha value is -2.78. The highest BCUT2D eigenvalue weighted by Crippen LogP contribution is 2.29. The standard InChI is InChI=1S/C20H26N2O6S/c1-6-28-18-10-8-16(11-13(18)2)29(24,25)22-14(3)20(23)21-17-9-7-15(26-4)12-19(17)27-5/h7-12,14,22H,6H2,1-5H3,(H,21,23)/t14-/m0/s1. The maximum atomic E-state index is 12.7. The zero-order valence-corrected chi connectivity index (χ0v) is 17.9. The minimum atomic E-state index is -3.90. The van der Waals surface area contributed by atoms with Gasteiger partial charge < -0.3 is 19.5 Å². The number of carbonyl (C=O) groups is 1. The average Bonchev–Trinajstić information content (AvgIpc) is 2.69. The number of rotatable bonds is 9. The number of aryl methyl sites for hydroxylation is 1. The van der Waals surface area contributed by atoms with E-state index in [0.717, 1.165) is 0 Å². The monoisotopic (exact) mass is 422 g/mol. The molecule has 2 N–H and O–H groups in total. The summed E-state index contributed by atoms with van der Waals surface area (Å²) in [6.45, 7) is 5.56. The SMILES string of the molecule is CCOc1ccc(S(=O)(=O)N[C@@H](C)C(=O)Nc2ccc(OC)cc2OC)cc1C. The van der Waals surface area contributed by atoms with E-state index in [0.29, 0.717) is 35.1 Å². The molecule has 0 bridgehead atoms. The zero-order chi connectivity index (χ0) is 21.6. The van der Waals surface area contributed by atoms with Gasteiger partial charge >= 0.3 is 0 Å². The predicted molar refractivity (Wildman–Crippen MR) is 110 cm³/mol. The third-order valence-corrected chi connectivity index (χ3v) is 5.69. The number of methoxy groups -OCH3 is 2. The van der Waals surface area contributed by atoms with Gasteiger partial charge in [-0.3, -0.25) is 4.79 Å². The molecule has 2 aromatic rings. The van der Waals surface area contributed by atoms with Crippen molar-refractivity contribution in [1.29, 1.82) is 0 Å². The maximum Gasteiger partial charge on any atom is 0.242 e. The molecule has 9 heteroatoms. The Morgan fingerprint density at radius 3 is 2.38 bits per heavy atom. The molecule has 0 saturated heterocycles. The van der Waals surface area contributed by atoms with Crippen molar-refractivity contribution < 1.29 is 27.4 Å². The second-order valence-corrected chi connectivity index (χ2v) is 7.97. The van der Waals surface area contributed by atoms with Gasteiger partial charge in [-0.25, -0.2) is 8.42 Å². The number of carbonyl (C=O) groups excluding carboxylic acids is 1. The summed E-state index contributed by atoms with van der Waals surface area (Å²) in [6, 6.07) is 8.43. The summed E-state index contributed by atoms with van der Waals surface area (Å²) in [6.07, 6.45) is 0. The summed E-state index contributed by atoms with van der Waals surface area (Å²) in [4.78, 5) is 12.6. The molecule has 0 aliphatic rings. The minimum Gasteiger partial charge on any atom is -0.497 e. The van der Waals surface area contributed by atoms with Gasteiger partial charge in [-0.1, -0.05) is 0 Å². The molecule has 8 nitrogen and oxygen atoms in total. The predicted octanol–water partition coefficient (Wildman–Crippen LogP) is 2.72. The minimum absolute atomic E-state index is 0.0557. The van der Waals surface area contributed by atoms with Crippen molar-refractivity contribution in [2.24, 2.45) is 0 Å². The van der Waals surface area contributed by atoms with Crippen LogP contribution in [0.15, 0.2) is 41.3 Å². The van der Waals surface area contributed by atoms with E-state index in [1.807, 2.05) is 6.92 Å². The molecule has 29 heavy (non-hydrogen) atoms. The number of amides is 1. The molecule has 1 amide bonds. The Balaban J connectivity index is 2.13. The normalized spacial score (nSPS) is 12.2. The lowest BCUT2D eigenvalue weighted by Gasteiger charge is -2.17. The van der Waals surface area contributed by atoms with E-state index in [9.17, 15) is 13.2 Å². The highest BCUT2D eigenvalue weighted by atomic mass is 32.2. The molecule has 0 fully saturated rings. The topological polar surface area (TPSA) is 103 Å². The van der Waals surface area contributed by atoms with Crippen LogP contribution in [-0.2, 0) is 14.8 Å². The number of anilines is 1. The fourth-order valence-electron chi connectivity index (χ4n) is 2.60. The quantitative estimate of drug-likeness (QED) is 0.644. The van der Waals surface area contributed by atoms with E-state index in [2.05, 4.69) is 10.0 Å². The lowest BCUT2D eigenvalue weighted by Crippen LogP contribution is -2.41. The van der Waals surface area contributed by atoms with Gasteiger partial charge in [0.15, 0.2) is 0 Å². The number of hydrogen-bond acceptors (Lipinski definition) is 6. The van der Waals surface area contributed by atoms with Crippen molar-refractivity contribution in [3.8, 4) is 17.2 Å². The fourth-order valence-corrected chi connectivity index (χ4v) is 3.89. The van der Waals surface area contributed by atoms with Crippen LogP contribution in [0.3, 0.4) is 0 Å². The van der Waals surface area contributed by atoms with Crippen LogP contribution in [0.25, 0.3) is 0 Å². The molecule has 0 saturated carbocycles. The zero-order valence-electron chi connectivity index (χ0n) is 17.1. The summed E-state index contributed by atoms with van der Waals surface area (Å²) in [5, 5.41) is 2.66. The molecule has 0 heterocycles. The van der Waals surface area contributed by atoms with Crippen molar-refractivity contribution in [1.82, 2.24) is 4.72 Å². The van der Waals surface area contributed by atoms with Crippen LogP contribution < -0.4 is 24.2 Å². The van der Waals surface area contributed by atoms with Crippen molar-refractivity contribution in [2.45, 2.75) is 31.7 Å². The van der Waals surface area contributed by atoms with Crippen molar-refractivity contribution in [3.63, 3.8) is 0 Å². The number of ether oxygens (including phenoxy) is 3. The highest BCUT2D eigenvalue weighted by Gasteiger charge is 2.23. The Morgan fingerprint density at radius 2 is 1.79 bits per heavy atom. The van der Waals surface area contributed by atoms with Crippen LogP contribution in [0.1, 0.15) is 19.4 Å². The second kappa shape index (κ2) is 9.62. The Morgan fingerprint density at radius 1 is 1.07 bits per heavy atom. The van der Waals surface area contributed by atoms with Crippen molar-refractivity contribution in [3.05, 3.63) is 42.0 Å². The van der Waals surface area contributed by atoms with Gasteiger partial charge in [0.05, 0.1) is 37.5 Å². The van der Waals surface area contributed by atoms with Gasteiger partial charge in [-0.05, 0) is 56.7 Å². The van der Waals surface area contributed by atoms with E-state index >= 15 is 0 Å². The van der Waals surface area contributed by atoms with Gasteiger partial charge in [0.1, 0.15) is 17.2 Å². The molecule has 1 atom stereocenters. The molecule has 2 rings (SSSR count). The molecular weight excluding hydrogens is 396 g/mol. The Labute approximate surface area is 171 Å². The van der Waals surface area contributed by atoms with Crippen LogP contribution >= 0.6 is 0 Å². The van der Waals surface area contributed by atoms with E-state index < -0.39 is 22.0 Å². The van der Waals surface area contributed by atoms with Crippen LogP contribution in [0.2, 0.25) is 0 Å². The molecule has 158 valence electrons. The number of sulfonamides is 1. The third-order valence-electron chi connectivity index (χ3n) is 4.15. The first kappa shape index (κ1) is 22.5. The summed E-state index contributed by atoms with van der Waals surface area (Å²) in [7, 11) is -0.912. The Bertz CT molecular complexity index is 975. The van der Waals surface area contributed by atoms with E-state index in [1.165, 1.54) is 33.3 Å². The Kier molecular flexibility index (Phi) is 7.46. The molecule has 0 unspecified atom stereocenters. The van der Waals surface area contributed by atoms with Crippen molar-refractivity contribution in [2.75, 3.05) is 26.1 Å². The molecule has 0 spiro atoms. The van der Waals surface area contributed by atoms with E-state index in [4.69, 9.17) is 14.2 Å². The van der Waals surface area contributed by atoms with Crippen LogP contribution in [0.4, 0.5) is 5.69 Å².